The number of nitrogens with zero attached hydrogens (tertiary/aromatic N) is 2. The average Bonchev–Trinajstić information content (AvgIpc) is 2.49. The van der Waals surface area contributed by atoms with Crippen LogP contribution in [0, 0.1) is 11.3 Å². The maximum Gasteiger partial charge on any atom is 0.230 e. The second-order valence-corrected chi connectivity index (χ2v) is 6.46. The summed E-state index contributed by atoms with van der Waals surface area (Å²) >= 11 is 0. The van der Waals surface area contributed by atoms with Gasteiger partial charge in [-0.15, -0.1) is 0 Å². The van der Waals surface area contributed by atoms with Crippen molar-refractivity contribution in [3.63, 3.8) is 0 Å². The molecule has 0 spiro atoms. The fourth-order valence-electron chi connectivity index (χ4n) is 2.90. The first-order chi connectivity index (χ1) is 9.90. The Morgan fingerprint density at radius 2 is 1.52 bits per heavy atom. The molecule has 1 aliphatic heterocycles. The van der Waals surface area contributed by atoms with Crippen LogP contribution in [-0.4, -0.2) is 54.3 Å². The molecule has 2 N–H and O–H groups in total. The van der Waals surface area contributed by atoms with Crippen LogP contribution in [0.15, 0.2) is 0 Å². The van der Waals surface area contributed by atoms with E-state index >= 15 is 0 Å². The first-order valence-electron chi connectivity index (χ1n) is 8.17. The van der Waals surface area contributed by atoms with E-state index in [4.69, 9.17) is 5.73 Å². The molecular weight excluding hydrogens is 266 g/mol. The minimum absolute atomic E-state index is 0.158. The molecule has 0 bridgehead atoms. The molecule has 0 radical (unpaired) electrons. The Labute approximate surface area is 128 Å². The third-order valence-corrected chi connectivity index (χ3v) is 4.70. The minimum atomic E-state index is -0.426. The van der Waals surface area contributed by atoms with Crippen molar-refractivity contribution in [1.82, 2.24) is 9.80 Å². The first-order valence-corrected chi connectivity index (χ1v) is 8.17. The first kappa shape index (κ1) is 18.0. The third kappa shape index (κ3) is 4.19. The predicted octanol–water partition coefficient (Wildman–Crippen LogP) is 1.47. The quantitative estimate of drug-likeness (QED) is 0.807. The maximum absolute atomic E-state index is 12.7. The molecule has 0 aromatic rings. The van der Waals surface area contributed by atoms with Crippen LogP contribution < -0.4 is 5.73 Å². The second-order valence-electron chi connectivity index (χ2n) is 6.46. The van der Waals surface area contributed by atoms with Crippen molar-refractivity contribution in [2.75, 3.05) is 32.7 Å². The second kappa shape index (κ2) is 7.78. The van der Waals surface area contributed by atoms with Gasteiger partial charge in [0.2, 0.25) is 11.8 Å². The molecule has 0 saturated carbocycles. The van der Waals surface area contributed by atoms with Crippen LogP contribution >= 0.6 is 0 Å². The molecule has 1 fully saturated rings. The number of carbonyl (C=O) groups is 2. The Hall–Kier alpha value is -1.10. The van der Waals surface area contributed by atoms with Crippen molar-refractivity contribution in [2.24, 2.45) is 17.1 Å². The fraction of sp³-hybridized carbons (Fsp3) is 0.875. The highest BCUT2D eigenvalue weighted by atomic mass is 16.2. The minimum Gasteiger partial charge on any atom is -0.339 e. The average molecular weight is 297 g/mol. The highest BCUT2D eigenvalue weighted by Gasteiger charge is 2.38. The van der Waals surface area contributed by atoms with Crippen molar-refractivity contribution in [3.05, 3.63) is 0 Å². The van der Waals surface area contributed by atoms with Crippen molar-refractivity contribution in [1.29, 1.82) is 0 Å². The maximum atomic E-state index is 12.7. The molecule has 1 heterocycles. The number of hydrogen-bond donors (Lipinski definition) is 1. The van der Waals surface area contributed by atoms with Crippen LogP contribution in [0.5, 0.6) is 0 Å². The fourth-order valence-corrected chi connectivity index (χ4v) is 2.90. The Morgan fingerprint density at radius 1 is 1.05 bits per heavy atom. The van der Waals surface area contributed by atoms with Crippen LogP contribution in [0.25, 0.3) is 0 Å². The molecule has 1 aliphatic rings. The lowest BCUT2D eigenvalue weighted by atomic mass is 9.81. The Morgan fingerprint density at radius 3 is 1.90 bits per heavy atom. The van der Waals surface area contributed by atoms with E-state index in [1.165, 1.54) is 0 Å². The monoisotopic (exact) mass is 297 g/mol. The van der Waals surface area contributed by atoms with Gasteiger partial charge in [-0.25, -0.2) is 0 Å². The van der Waals surface area contributed by atoms with Gasteiger partial charge in [-0.2, -0.15) is 0 Å². The smallest absolute Gasteiger partial charge is 0.230 e. The molecule has 21 heavy (non-hydrogen) atoms. The van der Waals surface area contributed by atoms with Crippen LogP contribution in [0.3, 0.4) is 0 Å². The van der Waals surface area contributed by atoms with E-state index in [2.05, 4.69) is 13.8 Å². The third-order valence-electron chi connectivity index (χ3n) is 4.70. The standard InChI is InChI=1S/C16H31N3O2/c1-5-16(6-2,12-17)15(21)19-9-7-18(8-10-19)14(20)11-13(3)4/h13H,5-12,17H2,1-4H3. The van der Waals surface area contributed by atoms with E-state index in [9.17, 15) is 9.59 Å². The molecule has 5 nitrogen and oxygen atoms in total. The topological polar surface area (TPSA) is 66.6 Å². The molecule has 0 aromatic carbocycles. The number of carbonyl (C=O) groups excluding carboxylic acids is 2. The van der Waals surface area contributed by atoms with E-state index in [1.807, 2.05) is 23.6 Å². The Kier molecular flexibility index (Phi) is 6.65. The number of amides is 2. The largest absolute Gasteiger partial charge is 0.339 e. The van der Waals surface area contributed by atoms with E-state index in [-0.39, 0.29) is 11.8 Å². The number of rotatable bonds is 6. The molecule has 1 saturated heterocycles. The van der Waals surface area contributed by atoms with Crippen LogP contribution in [0.2, 0.25) is 0 Å². The molecule has 0 atom stereocenters. The predicted molar refractivity (Wildman–Crippen MR) is 84.7 cm³/mol. The van der Waals surface area contributed by atoms with Gasteiger partial charge in [0.15, 0.2) is 0 Å². The van der Waals surface area contributed by atoms with Gasteiger partial charge in [0.25, 0.3) is 0 Å². The molecule has 0 aliphatic carbocycles. The van der Waals surface area contributed by atoms with Gasteiger partial charge in [-0.05, 0) is 18.8 Å². The van der Waals surface area contributed by atoms with E-state index < -0.39 is 5.41 Å². The lowest BCUT2D eigenvalue weighted by Crippen LogP contribution is -2.55. The lowest BCUT2D eigenvalue weighted by molar-refractivity contribution is -0.147. The summed E-state index contributed by atoms with van der Waals surface area (Å²) in [6.07, 6.45) is 2.13. The molecule has 5 heteroatoms. The summed E-state index contributed by atoms with van der Waals surface area (Å²) in [5, 5.41) is 0. The molecule has 2 amide bonds. The zero-order valence-electron chi connectivity index (χ0n) is 14.0. The molecule has 0 aromatic heterocycles. The normalized spacial score (nSPS) is 16.5. The molecular formula is C16H31N3O2. The van der Waals surface area contributed by atoms with Gasteiger partial charge in [0, 0.05) is 39.1 Å². The SMILES string of the molecule is CCC(CC)(CN)C(=O)N1CCN(C(=O)CC(C)C)CC1. The molecule has 122 valence electrons. The van der Waals surface area contributed by atoms with Gasteiger partial charge < -0.3 is 15.5 Å². The zero-order valence-corrected chi connectivity index (χ0v) is 14.0. The van der Waals surface area contributed by atoms with Crippen LogP contribution in [0.1, 0.15) is 47.0 Å². The highest BCUT2D eigenvalue weighted by molar-refractivity contribution is 5.83. The number of nitrogens with two attached hydrogens (primary N) is 1. The van der Waals surface area contributed by atoms with Crippen molar-refractivity contribution in [3.8, 4) is 0 Å². The van der Waals surface area contributed by atoms with Crippen molar-refractivity contribution in [2.45, 2.75) is 47.0 Å². The summed E-state index contributed by atoms with van der Waals surface area (Å²) in [6, 6.07) is 0. The Balaban J connectivity index is 2.60. The summed E-state index contributed by atoms with van der Waals surface area (Å²) in [5.74, 6) is 0.737. The number of piperazine rings is 1. The summed E-state index contributed by atoms with van der Waals surface area (Å²) in [7, 11) is 0. The van der Waals surface area contributed by atoms with Crippen molar-refractivity contribution < 1.29 is 9.59 Å². The van der Waals surface area contributed by atoms with Gasteiger partial charge >= 0.3 is 0 Å². The van der Waals surface area contributed by atoms with Gasteiger partial charge in [0.1, 0.15) is 0 Å². The number of hydrogen-bond acceptors (Lipinski definition) is 3. The van der Waals surface area contributed by atoms with Gasteiger partial charge in [0.05, 0.1) is 5.41 Å². The van der Waals surface area contributed by atoms with E-state index in [1.54, 1.807) is 0 Å². The van der Waals surface area contributed by atoms with Gasteiger partial charge in [-0.1, -0.05) is 27.7 Å². The van der Waals surface area contributed by atoms with E-state index in [0.29, 0.717) is 45.1 Å². The Bertz CT molecular complexity index is 348. The van der Waals surface area contributed by atoms with Crippen molar-refractivity contribution >= 4 is 11.8 Å². The molecule has 1 rings (SSSR count). The summed E-state index contributed by atoms with van der Waals surface area (Å²) in [5.41, 5.74) is 5.43. The van der Waals surface area contributed by atoms with E-state index in [0.717, 1.165) is 12.8 Å². The van der Waals surface area contributed by atoms with Crippen LogP contribution in [-0.2, 0) is 9.59 Å². The lowest BCUT2D eigenvalue weighted by Gasteiger charge is -2.40. The summed E-state index contributed by atoms with van der Waals surface area (Å²) < 4.78 is 0. The summed E-state index contributed by atoms with van der Waals surface area (Å²) in [6.45, 7) is 11.1. The highest BCUT2D eigenvalue weighted by Crippen LogP contribution is 2.28. The zero-order chi connectivity index (χ0) is 16.0. The molecule has 0 unspecified atom stereocenters. The van der Waals surface area contributed by atoms with Crippen LogP contribution in [0.4, 0.5) is 0 Å². The summed E-state index contributed by atoms with van der Waals surface area (Å²) in [4.78, 5) is 28.5. The van der Waals surface area contributed by atoms with Gasteiger partial charge in [-0.3, -0.25) is 9.59 Å².